The molecule has 0 radical (unpaired) electrons. The maximum atomic E-state index is 12.2. The zero-order valence-corrected chi connectivity index (χ0v) is 13.2. The smallest absolute Gasteiger partial charge is 0.251 e. The van der Waals surface area contributed by atoms with Gasteiger partial charge in [-0.3, -0.25) is 4.79 Å². The van der Waals surface area contributed by atoms with Crippen LogP contribution in [0.1, 0.15) is 43.5 Å². The molecule has 2 rings (SSSR count). The molecular weight excluding hydrogens is 262 g/mol. The van der Waals surface area contributed by atoms with Crippen LogP contribution in [-0.2, 0) is 0 Å². The van der Waals surface area contributed by atoms with Gasteiger partial charge in [-0.05, 0) is 50.6 Å². The number of hydrogen-bond acceptors (Lipinski definition) is 3. The molecule has 1 amide bonds. The van der Waals surface area contributed by atoms with Crippen LogP contribution in [0.4, 0.5) is 5.69 Å². The third-order valence-electron chi connectivity index (χ3n) is 4.05. The average molecular weight is 289 g/mol. The van der Waals surface area contributed by atoms with E-state index in [1.807, 2.05) is 12.1 Å². The standard InChI is InChI=1S/C17H27N3O/c1-3-5-12-20(4-2)16-8-6-14(7-9-16)17(21)19-15-10-11-18-13-15/h6-9,15,18H,3-5,10-13H2,1-2H3,(H,19,21). The van der Waals surface area contributed by atoms with Gasteiger partial charge in [-0.15, -0.1) is 0 Å². The van der Waals surface area contributed by atoms with Crippen LogP contribution in [-0.4, -0.2) is 38.1 Å². The third-order valence-corrected chi connectivity index (χ3v) is 4.05. The second-order valence-electron chi connectivity index (χ2n) is 5.64. The lowest BCUT2D eigenvalue weighted by molar-refractivity contribution is 0.0940. The summed E-state index contributed by atoms with van der Waals surface area (Å²) in [6.07, 6.45) is 3.42. The fraction of sp³-hybridized carbons (Fsp3) is 0.588. The van der Waals surface area contributed by atoms with E-state index in [4.69, 9.17) is 0 Å². The summed E-state index contributed by atoms with van der Waals surface area (Å²) in [4.78, 5) is 14.5. The van der Waals surface area contributed by atoms with E-state index < -0.39 is 0 Å². The first-order valence-corrected chi connectivity index (χ1v) is 8.11. The predicted molar refractivity (Wildman–Crippen MR) is 88.0 cm³/mol. The normalized spacial score (nSPS) is 17.7. The van der Waals surface area contributed by atoms with E-state index in [2.05, 4.69) is 41.5 Å². The van der Waals surface area contributed by atoms with Gasteiger partial charge in [0, 0.05) is 36.9 Å². The molecule has 4 heteroatoms. The van der Waals surface area contributed by atoms with Gasteiger partial charge in [-0.1, -0.05) is 13.3 Å². The summed E-state index contributed by atoms with van der Waals surface area (Å²) in [7, 11) is 0. The minimum atomic E-state index is 0.0341. The summed E-state index contributed by atoms with van der Waals surface area (Å²) in [6.45, 7) is 8.32. The van der Waals surface area contributed by atoms with Gasteiger partial charge in [0.1, 0.15) is 0 Å². The summed E-state index contributed by atoms with van der Waals surface area (Å²) in [6, 6.07) is 8.25. The summed E-state index contributed by atoms with van der Waals surface area (Å²) in [5, 5.41) is 6.34. The van der Waals surface area contributed by atoms with Gasteiger partial charge in [0.2, 0.25) is 0 Å². The number of rotatable bonds is 7. The molecular formula is C17H27N3O. The zero-order chi connectivity index (χ0) is 15.1. The molecule has 1 saturated heterocycles. The minimum Gasteiger partial charge on any atom is -0.372 e. The van der Waals surface area contributed by atoms with Gasteiger partial charge < -0.3 is 15.5 Å². The summed E-state index contributed by atoms with van der Waals surface area (Å²) in [5.41, 5.74) is 1.95. The van der Waals surface area contributed by atoms with Crippen molar-refractivity contribution in [3.05, 3.63) is 29.8 Å². The van der Waals surface area contributed by atoms with Crippen molar-refractivity contribution in [1.29, 1.82) is 0 Å². The highest BCUT2D eigenvalue weighted by Crippen LogP contribution is 2.16. The SMILES string of the molecule is CCCCN(CC)c1ccc(C(=O)NC2CCNC2)cc1. The molecule has 116 valence electrons. The van der Waals surface area contributed by atoms with Crippen LogP contribution in [0.2, 0.25) is 0 Å². The van der Waals surface area contributed by atoms with E-state index >= 15 is 0 Å². The molecule has 1 fully saturated rings. The summed E-state index contributed by atoms with van der Waals surface area (Å²) in [5.74, 6) is 0.0341. The Bertz CT molecular complexity index is 438. The fourth-order valence-corrected chi connectivity index (χ4v) is 2.69. The molecule has 2 N–H and O–H groups in total. The van der Waals surface area contributed by atoms with Gasteiger partial charge in [0.15, 0.2) is 0 Å². The van der Waals surface area contributed by atoms with Crippen molar-refractivity contribution < 1.29 is 4.79 Å². The van der Waals surface area contributed by atoms with Gasteiger partial charge in [-0.25, -0.2) is 0 Å². The maximum Gasteiger partial charge on any atom is 0.251 e. The van der Waals surface area contributed by atoms with E-state index in [0.29, 0.717) is 0 Å². The highest BCUT2D eigenvalue weighted by molar-refractivity contribution is 5.94. The van der Waals surface area contributed by atoms with Crippen LogP contribution in [0.3, 0.4) is 0 Å². The maximum absolute atomic E-state index is 12.2. The van der Waals surface area contributed by atoms with Crippen LogP contribution >= 0.6 is 0 Å². The molecule has 1 aromatic rings. The topological polar surface area (TPSA) is 44.4 Å². The number of hydrogen-bond donors (Lipinski definition) is 2. The number of nitrogens with one attached hydrogen (secondary N) is 2. The molecule has 0 aromatic heterocycles. The van der Waals surface area contributed by atoms with Crippen LogP contribution in [0.15, 0.2) is 24.3 Å². The lowest BCUT2D eigenvalue weighted by Gasteiger charge is -2.23. The molecule has 0 saturated carbocycles. The number of carbonyl (C=O) groups excluding carboxylic acids is 1. The van der Waals surface area contributed by atoms with Crippen molar-refractivity contribution >= 4 is 11.6 Å². The van der Waals surface area contributed by atoms with Crippen molar-refractivity contribution in [2.24, 2.45) is 0 Å². The first kappa shape index (κ1) is 15.8. The van der Waals surface area contributed by atoms with Crippen molar-refractivity contribution in [3.63, 3.8) is 0 Å². The van der Waals surface area contributed by atoms with Crippen molar-refractivity contribution in [2.75, 3.05) is 31.1 Å². The molecule has 1 atom stereocenters. The molecule has 0 spiro atoms. The van der Waals surface area contributed by atoms with E-state index in [1.54, 1.807) is 0 Å². The average Bonchev–Trinajstić information content (AvgIpc) is 3.01. The van der Waals surface area contributed by atoms with Crippen LogP contribution < -0.4 is 15.5 Å². The Morgan fingerprint density at radius 1 is 1.33 bits per heavy atom. The molecule has 1 heterocycles. The molecule has 4 nitrogen and oxygen atoms in total. The van der Waals surface area contributed by atoms with Gasteiger partial charge in [0.05, 0.1) is 0 Å². The Morgan fingerprint density at radius 2 is 2.10 bits per heavy atom. The van der Waals surface area contributed by atoms with Crippen LogP contribution in [0.5, 0.6) is 0 Å². The first-order valence-electron chi connectivity index (χ1n) is 8.11. The molecule has 1 aliphatic heterocycles. The number of unbranched alkanes of at least 4 members (excludes halogenated alkanes) is 1. The van der Waals surface area contributed by atoms with Crippen molar-refractivity contribution in [1.82, 2.24) is 10.6 Å². The van der Waals surface area contributed by atoms with E-state index in [9.17, 15) is 4.79 Å². The highest BCUT2D eigenvalue weighted by atomic mass is 16.1. The molecule has 1 aromatic carbocycles. The van der Waals surface area contributed by atoms with E-state index in [1.165, 1.54) is 18.5 Å². The Balaban J connectivity index is 1.95. The third kappa shape index (κ3) is 4.46. The predicted octanol–water partition coefficient (Wildman–Crippen LogP) is 2.40. The lowest BCUT2D eigenvalue weighted by atomic mass is 10.1. The van der Waals surface area contributed by atoms with Gasteiger partial charge in [-0.2, -0.15) is 0 Å². The largest absolute Gasteiger partial charge is 0.372 e. The number of benzene rings is 1. The Morgan fingerprint density at radius 3 is 2.67 bits per heavy atom. The molecule has 1 unspecified atom stereocenters. The van der Waals surface area contributed by atoms with Gasteiger partial charge >= 0.3 is 0 Å². The Labute approximate surface area is 127 Å². The number of amides is 1. The first-order chi connectivity index (χ1) is 10.2. The van der Waals surface area contributed by atoms with Crippen LogP contribution in [0, 0.1) is 0 Å². The summed E-state index contributed by atoms with van der Waals surface area (Å²) < 4.78 is 0. The highest BCUT2D eigenvalue weighted by Gasteiger charge is 2.17. The summed E-state index contributed by atoms with van der Waals surface area (Å²) >= 11 is 0. The molecule has 0 aliphatic carbocycles. The quantitative estimate of drug-likeness (QED) is 0.810. The Kier molecular flexibility index (Phi) is 6.05. The second-order valence-corrected chi connectivity index (χ2v) is 5.64. The van der Waals surface area contributed by atoms with Gasteiger partial charge in [0.25, 0.3) is 5.91 Å². The lowest BCUT2D eigenvalue weighted by Crippen LogP contribution is -2.36. The monoisotopic (exact) mass is 289 g/mol. The second kappa shape index (κ2) is 8.03. The van der Waals surface area contributed by atoms with Crippen molar-refractivity contribution in [2.45, 2.75) is 39.2 Å². The number of carbonyl (C=O) groups is 1. The molecule has 0 bridgehead atoms. The van der Waals surface area contributed by atoms with Crippen molar-refractivity contribution in [3.8, 4) is 0 Å². The zero-order valence-electron chi connectivity index (χ0n) is 13.2. The van der Waals surface area contributed by atoms with E-state index in [-0.39, 0.29) is 11.9 Å². The minimum absolute atomic E-state index is 0.0341. The number of anilines is 1. The number of nitrogens with zero attached hydrogens (tertiary/aromatic N) is 1. The van der Waals surface area contributed by atoms with E-state index in [0.717, 1.165) is 38.2 Å². The Hall–Kier alpha value is -1.55. The van der Waals surface area contributed by atoms with Crippen LogP contribution in [0.25, 0.3) is 0 Å². The molecule has 1 aliphatic rings. The fourth-order valence-electron chi connectivity index (χ4n) is 2.69. The molecule has 21 heavy (non-hydrogen) atoms.